The van der Waals surface area contributed by atoms with Crippen LogP contribution in [0.4, 0.5) is 0 Å². The number of benzene rings is 1. The molecule has 2 N–H and O–H groups in total. The molecule has 0 bridgehead atoms. The van der Waals surface area contributed by atoms with Gasteiger partial charge in [0.05, 0.1) is 19.3 Å². The number of carbonyl (C=O) groups is 1. The minimum absolute atomic E-state index is 0.0927. The maximum Gasteiger partial charge on any atom is 0.240 e. The third-order valence-corrected chi connectivity index (χ3v) is 4.29. The van der Waals surface area contributed by atoms with E-state index in [-0.39, 0.29) is 12.5 Å². The van der Waals surface area contributed by atoms with Crippen LogP contribution in [-0.2, 0) is 4.79 Å². The second kappa shape index (κ2) is 7.28. The molecule has 118 valence electrons. The van der Waals surface area contributed by atoms with Crippen LogP contribution in [0.1, 0.15) is 43.8 Å². The van der Waals surface area contributed by atoms with Gasteiger partial charge >= 0.3 is 0 Å². The van der Waals surface area contributed by atoms with E-state index < -0.39 is 11.5 Å². The summed E-state index contributed by atoms with van der Waals surface area (Å²) in [6, 6.07) is 9.28. The molecule has 1 amide bonds. The van der Waals surface area contributed by atoms with Crippen LogP contribution >= 0.6 is 0 Å². The van der Waals surface area contributed by atoms with Crippen molar-refractivity contribution in [1.29, 1.82) is 5.26 Å². The first-order valence-electron chi connectivity index (χ1n) is 7.63. The second-order valence-electron chi connectivity index (χ2n) is 5.76. The van der Waals surface area contributed by atoms with Gasteiger partial charge in [-0.3, -0.25) is 4.79 Å². The molecule has 1 aromatic carbocycles. The van der Waals surface area contributed by atoms with Crippen molar-refractivity contribution in [2.24, 2.45) is 5.41 Å². The Labute approximate surface area is 130 Å². The van der Waals surface area contributed by atoms with Gasteiger partial charge in [0.2, 0.25) is 5.91 Å². The first kappa shape index (κ1) is 16.3. The number of aliphatic hydroxyl groups excluding tert-OH is 1. The van der Waals surface area contributed by atoms with Gasteiger partial charge in [-0.1, -0.05) is 31.4 Å². The average Bonchev–Trinajstić information content (AvgIpc) is 2.59. The highest BCUT2D eigenvalue weighted by Crippen LogP contribution is 2.35. The number of hydrogen-bond donors (Lipinski definition) is 2. The van der Waals surface area contributed by atoms with Gasteiger partial charge in [-0.15, -0.1) is 0 Å². The SMILES string of the molecule is COc1cccc(C(O)CNC(=O)C2(C#N)CCCCC2)c1. The molecule has 0 aliphatic heterocycles. The van der Waals surface area contributed by atoms with E-state index in [1.807, 2.05) is 0 Å². The summed E-state index contributed by atoms with van der Waals surface area (Å²) in [6.07, 6.45) is 3.26. The van der Waals surface area contributed by atoms with Gasteiger partial charge in [0, 0.05) is 6.54 Å². The smallest absolute Gasteiger partial charge is 0.240 e. The number of amides is 1. The fraction of sp³-hybridized carbons (Fsp3) is 0.529. The molecule has 1 aromatic rings. The Balaban J connectivity index is 1.96. The Kier molecular flexibility index (Phi) is 5.40. The maximum absolute atomic E-state index is 12.3. The predicted molar refractivity (Wildman–Crippen MR) is 82.1 cm³/mol. The zero-order valence-electron chi connectivity index (χ0n) is 12.8. The monoisotopic (exact) mass is 302 g/mol. The zero-order chi connectivity index (χ0) is 16.0. The molecule has 5 heteroatoms. The number of nitrogens with zero attached hydrogens (tertiary/aromatic N) is 1. The van der Waals surface area contributed by atoms with Gasteiger partial charge in [0.25, 0.3) is 0 Å². The lowest BCUT2D eigenvalue weighted by Gasteiger charge is -2.29. The van der Waals surface area contributed by atoms with Crippen molar-refractivity contribution < 1.29 is 14.6 Å². The molecule has 1 fully saturated rings. The van der Waals surface area contributed by atoms with Crippen LogP contribution in [0.3, 0.4) is 0 Å². The molecular weight excluding hydrogens is 280 g/mol. The molecule has 5 nitrogen and oxygen atoms in total. The summed E-state index contributed by atoms with van der Waals surface area (Å²) in [4.78, 5) is 12.3. The molecule has 0 radical (unpaired) electrons. The fourth-order valence-corrected chi connectivity index (χ4v) is 2.87. The van der Waals surface area contributed by atoms with Crippen molar-refractivity contribution in [1.82, 2.24) is 5.32 Å². The number of nitrogens with one attached hydrogen (secondary N) is 1. The second-order valence-corrected chi connectivity index (χ2v) is 5.76. The van der Waals surface area contributed by atoms with E-state index in [9.17, 15) is 15.2 Å². The molecular formula is C17H22N2O3. The van der Waals surface area contributed by atoms with Crippen molar-refractivity contribution in [2.45, 2.75) is 38.2 Å². The van der Waals surface area contributed by atoms with Gasteiger partial charge in [-0.2, -0.15) is 5.26 Å². The van der Waals surface area contributed by atoms with Crippen LogP contribution in [-0.4, -0.2) is 24.7 Å². The summed E-state index contributed by atoms with van der Waals surface area (Å²) in [7, 11) is 1.56. The van der Waals surface area contributed by atoms with E-state index in [0.29, 0.717) is 24.2 Å². The molecule has 0 saturated heterocycles. The number of rotatable bonds is 5. The molecule has 2 rings (SSSR count). The van der Waals surface area contributed by atoms with Gasteiger partial charge in [0.1, 0.15) is 11.2 Å². The van der Waals surface area contributed by atoms with E-state index in [0.717, 1.165) is 19.3 Å². The number of hydrogen-bond acceptors (Lipinski definition) is 4. The highest BCUT2D eigenvalue weighted by molar-refractivity contribution is 5.85. The summed E-state index contributed by atoms with van der Waals surface area (Å²) in [5.74, 6) is 0.389. The maximum atomic E-state index is 12.3. The molecule has 1 unspecified atom stereocenters. The summed E-state index contributed by atoms with van der Waals surface area (Å²) >= 11 is 0. The van der Waals surface area contributed by atoms with Crippen molar-refractivity contribution in [3.63, 3.8) is 0 Å². The number of ether oxygens (including phenoxy) is 1. The molecule has 1 saturated carbocycles. The van der Waals surface area contributed by atoms with Crippen LogP contribution in [0, 0.1) is 16.7 Å². The molecule has 1 aliphatic rings. The lowest BCUT2D eigenvalue weighted by atomic mass is 9.74. The highest BCUT2D eigenvalue weighted by atomic mass is 16.5. The number of carbonyl (C=O) groups excluding carboxylic acids is 1. The van der Waals surface area contributed by atoms with E-state index in [2.05, 4.69) is 11.4 Å². The van der Waals surface area contributed by atoms with Crippen LogP contribution < -0.4 is 10.1 Å². The zero-order valence-corrected chi connectivity index (χ0v) is 12.8. The molecule has 0 aromatic heterocycles. The largest absolute Gasteiger partial charge is 0.497 e. The van der Waals surface area contributed by atoms with Crippen LogP contribution in [0.2, 0.25) is 0 Å². The van der Waals surface area contributed by atoms with Crippen molar-refractivity contribution in [2.75, 3.05) is 13.7 Å². The topological polar surface area (TPSA) is 82.3 Å². The van der Waals surface area contributed by atoms with Gasteiger partial charge in [-0.05, 0) is 30.5 Å². The van der Waals surface area contributed by atoms with E-state index in [4.69, 9.17) is 4.74 Å². The quantitative estimate of drug-likeness (QED) is 0.874. The summed E-state index contributed by atoms with van der Waals surface area (Å²) < 4.78 is 5.12. The third kappa shape index (κ3) is 3.58. The minimum atomic E-state index is -0.924. The molecule has 1 aliphatic carbocycles. The van der Waals surface area contributed by atoms with Gasteiger partial charge in [0.15, 0.2) is 0 Å². The first-order valence-corrected chi connectivity index (χ1v) is 7.63. The Morgan fingerprint density at radius 1 is 1.45 bits per heavy atom. The Morgan fingerprint density at radius 3 is 2.82 bits per heavy atom. The Morgan fingerprint density at radius 2 is 2.18 bits per heavy atom. The number of nitriles is 1. The lowest BCUT2D eigenvalue weighted by Crippen LogP contribution is -2.42. The van der Waals surface area contributed by atoms with Gasteiger partial charge < -0.3 is 15.2 Å². The number of methoxy groups -OCH3 is 1. The van der Waals surface area contributed by atoms with E-state index in [1.165, 1.54) is 0 Å². The van der Waals surface area contributed by atoms with E-state index in [1.54, 1.807) is 31.4 Å². The lowest BCUT2D eigenvalue weighted by molar-refractivity contribution is -0.130. The van der Waals surface area contributed by atoms with Crippen LogP contribution in [0.5, 0.6) is 5.75 Å². The predicted octanol–water partition coefficient (Wildman–Crippen LogP) is 2.32. The Hall–Kier alpha value is -2.06. The standard InChI is InChI=1S/C17H22N2O3/c1-22-14-7-5-6-13(10-14)15(20)11-19-16(21)17(12-18)8-3-2-4-9-17/h5-7,10,15,20H,2-4,8-9,11H2,1H3,(H,19,21). The summed E-state index contributed by atoms with van der Waals surface area (Å²) in [6.45, 7) is 0.0927. The van der Waals surface area contributed by atoms with Crippen molar-refractivity contribution >= 4 is 5.91 Å². The van der Waals surface area contributed by atoms with Gasteiger partial charge in [-0.25, -0.2) is 0 Å². The summed E-state index contributed by atoms with van der Waals surface area (Å²) in [5, 5.41) is 22.3. The average molecular weight is 302 g/mol. The minimum Gasteiger partial charge on any atom is -0.497 e. The van der Waals surface area contributed by atoms with Crippen molar-refractivity contribution in [3.8, 4) is 11.8 Å². The third-order valence-electron chi connectivity index (χ3n) is 4.29. The highest BCUT2D eigenvalue weighted by Gasteiger charge is 2.39. The molecule has 1 atom stereocenters. The first-order chi connectivity index (χ1) is 10.6. The summed E-state index contributed by atoms with van der Waals surface area (Å²) in [5.41, 5.74) is -0.249. The normalized spacial score (nSPS) is 18.0. The molecule has 0 spiro atoms. The Bertz CT molecular complexity index is 559. The van der Waals surface area contributed by atoms with Crippen LogP contribution in [0.15, 0.2) is 24.3 Å². The molecule has 0 heterocycles. The molecule has 22 heavy (non-hydrogen) atoms. The number of aliphatic hydroxyl groups is 1. The fourth-order valence-electron chi connectivity index (χ4n) is 2.87. The van der Waals surface area contributed by atoms with Crippen molar-refractivity contribution in [3.05, 3.63) is 29.8 Å². The van der Waals surface area contributed by atoms with E-state index >= 15 is 0 Å². The van der Waals surface area contributed by atoms with Crippen LogP contribution in [0.25, 0.3) is 0 Å².